The van der Waals surface area contributed by atoms with Gasteiger partial charge < -0.3 is 0 Å². The molecular formula is C10H2N3O. The van der Waals surface area contributed by atoms with Crippen molar-refractivity contribution in [1.29, 1.82) is 15.8 Å². The quantitative estimate of drug-likeness (QED) is 0.638. The Morgan fingerprint density at radius 3 is 1.71 bits per heavy atom. The van der Waals surface area contributed by atoms with Crippen LogP contribution >= 0.6 is 0 Å². The Morgan fingerprint density at radius 2 is 1.43 bits per heavy atom. The minimum atomic E-state index is -0.00556. The first-order valence-corrected chi connectivity index (χ1v) is 3.53. The average molecular weight is 180 g/mol. The molecule has 0 atom stereocenters. The Labute approximate surface area is 80.2 Å². The van der Waals surface area contributed by atoms with Crippen LogP contribution in [0.3, 0.4) is 0 Å². The Kier molecular flexibility index (Phi) is 2.60. The number of nitrogens with zero attached hydrogens (tertiary/aromatic N) is 3. The van der Waals surface area contributed by atoms with Crippen molar-refractivity contribution in [1.82, 2.24) is 0 Å². The van der Waals surface area contributed by atoms with Gasteiger partial charge in [0.1, 0.15) is 18.2 Å². The first-order chi connectivity index (χ1) is 6.76. The molecule has 4 nitrogen and oxygen atoms in total. The van der Waals surface area contributed by atoms with Gasteiger partial charge in [-0.1, -0.05) is 0 Å². The number of rotatable bonds is 1. The molecule has 0 saturated heterocycles. The summed E-state index contributed by atoms with van der Waals surface area (Å²) in [5.74, 6) is 0. The molecule has 63 valence electrons. The molecule has 0 spiro atoms. The summed E-state index contributed by atoms with van der Waals surface area (Å²) in [6.45, 7) is 0. The highest BCUT2D eigenvalue weighted by molar-refractivity contribution is 5.78. The highest BCUT2D eigenvalue weighted by Crippen LogP contribution is 2.14. The third-order valence-corrected chi connectivity index (χ3v) is 1.61. The normalized spacial score (nSPS) is 8.07. The molecule has 0 aliphatic carbocycles. The lowest BCUT2D eigenvalue weighted by Crippen LogP contribution is -1.93. The van der Waals surface area contributed by atoms with Crippen molar-refractivity contribution in [3.8, 4) is 18.2 Å². The van der Waals surface area contributed by atoms with Crippen molar-refractivity contribution >= 4 is 6.29 Å². The molecule has 4 heteroatoms. The molecule has 0 N–H and O–H groups in total. The Balaban J connectivity index is 3.62. The first-order valence-electron chi connectivity index (χ1n) is 3.53. The summed E-state index contributed by atoms with van der Waals surface area (Å²) >= 11 is 0. The second kappa shape index (κ2) is 3.85. The Morgan fingerprint density at radius 1 is 0.929 bits per heavy atom. The highest BCUT2D eigenvalue weighted by Gasteiger charge is 2.09. The molecule has 1 rings (SSSR count). The topological polar surface area (TPSA) is 88.4 Å². The van der Waals surface area contributed by atoms with Crippen molar-refractivity contribution in [2.45, 2.75) is 0 Å². The molecule has 0 fully saturated rings. The summed E-state index contributed by atoms with van der Waals surface area (Å²) < 4.78 is 0. The van der Waals surface area contributed by atoms with Gasteiger partial charge in [0.15, 0.2) is 0 Å². The fourth-order valence-electron chi connectivity index (χ4n) is 0.998. The van der Waals surface area contributed by atoms with Crippen LogP contribution in [0.2, 0.25) is 0 Å². The van der Waals surface area contributed by atoms with Crippen LogP contribution in [0, 0.1) is 34.0 Å². The smallest absolute Gasteiger partial charge is 0.233 e. The maximum Gasteiger partial charge on any atom is 0.233 e. The van der Waals surface area contributed by atoms with E-state index in [2.05, 4.69) is 0 Å². The van der Waals surface area contributed by atoms with Gasteiger partial charge in [0, 0.05) is 5.56 Å². The van der Waals surface area contributed by atoms with Crippen LogP contribution in [0.1, 0.15) is 22.3 Å². The average Bonchev–Trinajstić information content (AvgIpc) is 2.26. The van der Waals surface area contributed by atoms with Crippen LogP contribution in [0.15, 0.2) is 12.1 Å². The molecule has 0 aliphatic rings. The lowest BCUT2D eigenvalue weighted by molar-refractivity contribution is 0.562. The molecule has 0 aromatic heterocycles. The van der Waals surface area contributed by atoms with Crippen molar-refractivity contribution in [3.05, 3.63) is 34.4 Å². The van der Waals surface area contributed by atoms with Gasteiger partial charge in [-0.2, -0.15) is 15.8 Å². The Hall–Kier alpha value is -2.64. The lowest BCUT2D eigenvalue weighted by atomic mass is 10.0. The van der Waals surface area contributed by atoms with E-state index in [0.29, 0.717) is 0 Å². The van der Waals surface area contributed by atoms with Crippen LogP contribution in [0.5, 0.6) is 0 Å². The van der Waals surface area contributed by atoms with E-state index in [1.807, 2.05) is 0 Å². The van der Waals surface area contributed by atoms with Gasteiger partial charge in [-0.15, -0.1) is 0 Å². The van der Waals surface area contributed by atoms with Gasteiger partial charge in [0.2, 0.25) is 6.29 Å². The van der Waals surface area contributed by atoms with Crippen LogP contribution in [0.4, 0.5) is 0 Å². The zero-order chi connectivity index (χ0) is 10.6. The van der Waals surface area contributed by atoms with E-state index in [1.54, 1.807) is 24.5 Å². The number of hydrogen-bond acceptors (Lipinski definition) is 4. The van der Waals surface area contributed by atoms with E-state index in [1.165, 1.54) is 12.1 Å². The zero-order valence-electron chi connectivity index (χ0n) is 6.90. The van der Waals surface area contributed by atoms with Crippen LogP contribution in [0.25, 0.3) is 0 Å². The van der Waals surface area contributed by atoms with Gasteiger partial charge in [-0.05, 0) is 12.1 Å². The number of nitriles is 3. The summed E-state index contributed by atoms with van der Waals surface area (Å²) in [6, 6.07) is 7.69. The standard InChI is InChI=1S/C10H2N3O/c11-3-8-1-7(6-14)2-9(4-12)10(8)5-13/h1-2H. The van der Waals surface area contributed by atoms with Crippen molar-refractivity contribution in [2.75, 3.05) is 0 Å². The van der Waals surface area contributed by atoms with Gasteiger partial charge in [0.25, 0.3) is 0 Å². The molecule has 14 heavy (non-hydrogen) atoms. The highest BCUT2D eigenvalue weighted by atomic mass is 16.1. The lowest BCUT2D eigenvalue weighted by Gasteiger charge is -1.97. The fourth-order valence-corrected chi connectivity index (χ4v) is 0.998. The van der Waals surface area contributed by atoms with E-state index in [4.69, 9.17) is 15.8 Å². The van der Waals surface area contributed by atoms with Crippen LogP contribution in [-0.4, -0.2) is 6.29 Å². The summed E-state index contributed by atoms with van der Waals surface area (Å²) in [6.07, 6.45) is 1.57. The second-order valence-electron chi connectivity index (χ2n) is 2.38. The molecule has 1 radical (unpaired) electrons. The minimum absolute atomic E-state index is 0.00556. The van der Waals surface area contributed by atoms with E-state index in [9.17, 15) is 4.79 Å². The van der Waals surface area contributed by atoms with Crippen molar-refractivity contribution < 1.29 is 4.79 Å². The number of benzene rings is 1. The zero-order valence-corrected chi connectivity index (χ0v) is 6.90. The summed E-state index contributed by atoms with van der Waals surface area (Å²) in [5.41, 5.74) is 0.126. The molecule has 1 aromatic carbocycles. The molecular weight excluding hydrogens is 178 g/mol. The molecule has 0 bridgehead atoms. The summed E-state index contributed by atoms with van der Waals surface area (Å²) in [7, 11) is 0. The van der Waals surface area contributed by atoms with Crippen LogP contribution in [-0.2, 0) is 4.79 Å². The Bertz CT molecular complexity index is 477. The van der Waals surface area contributed by atoms with E-state index < -0.39 is 0 Å². The van der Waals surface area contributed by atoms with E-state index >= 15 is 0 Å². The second-order valence-corrected chi connectivity index (χ2v) is 2.38. The maximum absolute atomic E-state index is 10.3. The number of hydrogen-bond donors (Lipinski definition) is 0. The van der Waals surface area contributed by atoms with Crippen molar-refractivity contribution in [3.63, 3.8) is 0 Å². The van der Waals surface area contributed by atoms with Crippen LogP contribution < -0.4 is 0 Å². The fraction of sp³-hybridized carbons (Fsp3) is 0. The monoisotopic (exact) mass is 180 g/mol. The third kappa shape index (κ3) is 1.43. The first kappa shape index (κ1) is 9.45. The van der Waals surface area contributed by atoms with E-state index in [0.717, 1.165) is 0 Å². The maximum atomic E-state index is 10.3. The van der Waals surface area contributed by atoms with E-state index in [-0.39, 0.29) is 22.3 Å². The van der Waals surface area contributed by atoms with Gasteiger partial charge in [-0.25, -0.2) is 0 Å². The molecule has 0 aliphatic heterocycles. The predicted octanol–water partition coefficient (Wildman–Crippen LogP) is 0.759. The van der Waals surface area contributed by atoms with Crippen molar-refractivity contribution in [2.24, 2.45) is 0 Å². The van der Waals surface area contributed by atoms with Gasteiger partial charge in [0.05, 0.1) is 16.7 Å². The largest absolute Gasteiger partial charge is 0.285 e. The molecule has 0 heterocycles. The third-order valence-electron chi connectivity index (χ3n) is 1.61. The molecule has 0 amide bonds. The molecule has 1 aromatic rings. The number of carbonyl (C=O) groups excluding carboxylic acids is 1. The van der Waals surface area contributed by atoms with Gasteiger partial charge >= 0.3 is 0 Å². The minimum Gasteiger partial charge on any atom is -0.285 e. The summed E-state index contributed by atoms with van der Waals surface area (Å²) in [5, 5.41) is 26.0. The SMILES string of the molecule is N#Cc1cc([C]=O)cc(C#N)c1C#N. The summed E-state index contributed by atoms with van der Waals surface area (Å²) in [4.78, 5) is 10.3. The predicted molar refractivity (Wildman–Crippen MR) is 45.4 cm³/mol. The molecule has 0 saturated carbocycles. The molecule has 0 unspecified atom stereocenters. The van der Waals surface area contributed by atoms with Gasteiger partial charge in [-0.3, -0.25) is 4.79 Å².